The molecule has 1 fully saturated rings. The first-order valence-electron chi connectivity index (χ1n) is 11.1. The number of amides is 2. The number of carbonyl (C=O) groups excluding carboxylic acids is 2. The van der Waals surface area contributed by atoms with Gasteiger partial charge in [0.2, 0.25) is 0 Å². The van der Waals surface area contributed by atoms with E-state index in [0.717, 1.165) is 32.4 Å². The molecule has 2 aromatic carbocycles. The summed E-state index contributed by atoms with van der Waals surface area (Å²) in [6.45, 7) is 5.85. The molecule has 4 rings (SSSR count). The number of carbonyl (C=O) groups is 2. The third-order valence-corrected chi connectivity index (χ3v) is 6.12. The summed E-state index contributed by atoms with van der Waals surface area (Å²) in [7, 11) is 0. The third kappa shape index (κ3) is 4.55. The fourth-order valence-corrected chi connectivity index (χ4v) is 4.57. The Morgan fingerprint density at radius 1 is 0.935 bits per heavy atom. The van der Waals surface area contributed by atoms with Gasteiger partial charge in [-0.25, -0.2) is 4.39 Å². The number of piperidine rings is 1. The van der Waals surface area contributed by atoms with E-state index in [-0.39, 0.29) is 23.5 Å². The predicted molar refractivity (Wildman–Crippen MR) is 119 cm³/mol. The first-order valence-corrected chi connectivity index (χ1v) is 11.1. The number of halogens is 1. The zero-order valence-electron chi connectivity index (χ0n) is 18.2. The standard InChI is InChI=1S/C26H29FN2O2/c1-18(2)17-29-25(30)23(21-8-10-22(27)11-9-21)24(26(29)31)28-14-12-20(13-15-28)16-19-6-4-3-5-7-19/h3-11,18,20H,12-17H2,1-2H3. The second kappa shape index (κ2) is 9.04. The molecule has 0 spiro atoms. The van der Waals surface area contributed by atoms with Gasteiger partial charge in [-0.15, -0.1) is 0 Å². The Bertz CT molecular complexity index is 974. The van der Waals surface area contributed by atoms with E-state index in [0.29, 0.717) is 29.3 Å². The highest BCUT2D eigenvalue weighted by molar-refractivity contribution is 6.35. The number of hydrogen-bond donors (Lipinski definition) is 0. The van der Waals surface area contributed by atoms with Crippen LogP contribution >= 0.6 is 0 Å². The van der Waals surface area contributed by atoms with Crippen molar-refractivity contribution < 1.29 is 14.0 Å². The Kier molecular flexibility index (Phi) is 6.21. The van der Waals surface area contributed by atoms with Crippen molar-refractivity contribution in [3.63, 3.8) is 0 Å². The van der Waals surface area contributed by atoms with Crippen molar-refractivity contribution in [1.82, 2.24) is 9.80 Å². The Labute approximate surface area is 183 Å². The zero-order chi connectivity index (χ0) is 22.0. The molecule has 1 saturated heterocycles. The molecule has 0 unspecified atom stereocenters. The smallest absolute Gasteiger partial charge is 0.277 e. The summed E-state index contributed by atoms with van der Waals surface area (Å²) in [6, 6.07) is 16.3. The maximum Gasteiger partial charge on any atom is 0.277 e. The van der Waals surface area contributed by atoms with Crippen LogP contribution in [0.25, 0.3) is 5.57 Å². The van der Waals surface area contributed by atoms with Crippen LogP contribution in [0.3, 0.4) is 0 Å². The first-order chi connectivity index (χ1) is 14.9. The maximum atomic E-state index is 13.5. The van der Waals surface area contributed by atoms with Gasteiger partial charge < -0.3 is 4.90 Å². The number of nitrogens with zero attached hydrogens (tertiary/aromatic N) is 2. The summed E-state index contributed by atoms with van der Waals surface area (Å²) >= 11 is 0. The third-order valence-electron chi connectivity index (χ3n) is 6.12. The molecule has 4 nitrogen and oxygen atoms in total. The van der Waals surface area contributed by atoms with Crippen molar-refractivity contribution in [1.29, 1.82) is 0 Å². The van der Waals surface area contributed by atoms with Crippen LogP contribution in [0.5, 0.6) is 0 Å². The number of rotatable bonds is 6. The quantitative estimate of drug-likeness (QED) is 0.646. The SMILES string of the molecule is CC(C)CN1C(=O)C(c2ccc(F)cc2)=C(N2CCC(Cc3ccccc3)CC2)C1=O. The normalized spacial score (nSPS) is 17.9. The van der Waals surface area contributed by atoms with Crippen LogP contribution in [0, 0.1) is 17.7 Å². The molecule has 2 aliphatic rings. The molecular weight excluding hydrogens is 391 g/mol. The van der Waals surface area contributed by atoms with Crippen LogP contribution in [0.15, 0.2) is 60.3 Å². The van der Waals surface area contributed by atoms with Gasteiger partial charge in [0, 0.05) is 19.6 Å². The van der Waals surface area contributed by atoms with Crippen LogP contribution in [0.4, 0.5) is 4.39 Å². The Morgan fingerprint density at radius 3 is 2.19 bits per heavy atom. The molecule has 2 heterocycles. The Hall–Kier alpha value is -2.95. The van der Waals surface area contributed by atoms with E-state index in [2.05, 4.69) is 29.2 Å². The highest BCUT2D eigenvalue weighted by Gasteiger charge is 2.42. The van der Waals surface area contributed by atoms with Gasteiger partial charge in [0.25, 0.3) is 11.8 Å². The molecule has 2 amide bonds. The minimum Gasteiger partial charge on any atom is -0.366 e. The van der Waals surface area contributed by atoms with Crippen molar-refractivity contribution in [3.8, 4) is 0 Å². The van der Waals surface area contributed by atoms with Crippen molar-refractivity contribution in [2.75, 3.05) is 19.6 Å². The van der Waals surface area contributed by atoms with Gasteiger partial charge in [0.15, 0.2) is 0 Å². The van der Waals surface area contributed by atoms with Gasteiger partial charge in [-0.05, 0) is 54.4 Å². The lowest BCUT2D eigenvalue weighted by Crippen LogP contribution is -2.40. The first kappa shape index (κ1) is 21.3. The average molecular weight is 421 g/mol. The number of hydrogen-bond acceptors (Lipinski definition) is 3. The van der Waals surface area contributed by atoms with Gasteiger partial charge in [-0.3, -0.25) is 14.5 Å². The molecule has 2 aliphatic heterocycles. The maximum absolute atomic E-state index is 13.5. The van der Waals surface area contributed by atoms with Crippen molar-refractivity contribution in [2.24, 2.45) is 11.8 Å². The van der Waals surface area contributed by atoms with Gasteiger partial charge in [0.1, 0.15) is 11.5 Å². The summed E-state index contributed by atoms with van der Waals surface area (Å²) in [5.74, 6) is -0.111. The summed E-state index contributed by atoms with van der Waals surface area (Å²) in [5, 5.41) is 0. The second-order valence-electron chi connectivity index (χ2n) is 8.97. The minimum absolute atomic E-state index is 0.179. The summed E-state index contributed by atoms with van der Waals surface area (Å²) in [4.78, 5) is 30.0. The van der Waals surface area contributed by atoms with E-state index in [1.54, 1.807) is 12.1 Å². The lowest BCUT2D eigenvalue weighted by Gasteiger charge is -2.34. The molecule has 0 saturated carbocycles. The topological polar surface area (TPSA) is 40.6 Å². The Balaban J connectivity index is 1.58. The van der Waals surface area contributed by atoms with Gasteiger partial charge in [-0.1, -0.05) is 56.3 Å². The Morgan fingerprint density at radius 2 is 1.58 bits per heavy atom. The van der Waals surface area contributed by atoms with Gasteiger partial charge in [0.05, 0.1) is 5.57 Å². The predicted octanol–water partition coefficient (Wildman–Crippen LogP) is 4.52. The van der Waals surface area contributed by atoms with Crippen LogP contribution < -0.4 is 0 Å². The molecule has 162 valence electrons. The van der Waals surface area contributed by atoms with E-state index in [1.165, 1.54) is 22.6 Å². The van der Waals surface area contributed by atoms with E-state index in [1.807, 2.05) is 19.9 Å². The lowest BCUT2D eigenvalue weighted by atomic mass is 9.89. The average Bonchev–Trinajstić information content (AvgIpc) is 3.00. The molecular formula is C26H29FN2O2. The van der Waals surface area contributed by atoms with E-state index >= 15 is 0 Å². The molecule has 0 aliphatic carbocycles. The fourth-order valence-electron chi connectivity index (χ4n) is 4.57. The largest absolute Gasteiger partial charge is 0.366 e. The molecule has 31 heavy (non-hydrogen) atoms. The van der Waals surface area contributed by atoms with Gasteiger partial charge >= 0.3 is 0 Å². The van der Waals surface area contributed by atoms with Crippen molar-refractivity contribution in [2.45, 2.75) is 33.1 Å². The molecule has 0 atom stereocenters. The minimum atomic E-state index is -0.358. The van der Waals surface area contributed by atoms with Crippen LogP contribution in [0.1, 0.15) is 37.8 Å². The molecule has 0 bridgehead atoms. The second-order valence-corrected chi connectivity index (χ2v) is 8.97. The van der Waals surface area contributed by atoms with E-state index in [4.69, 9.17) is 0 Å². The summed E-state index contributed by atoms with van der Waals surface area (Å²) < 4.78 is 13.5. The monoisotopic (exact) mass is 420 g/mol. The lowest BCUT2D eigenvalue weighted by molar-refractivity contribution is -0.138. The number of benzene rings is 2. The zero-order valence-corrected chi connectivity index (χ0v) is 18.2. The fraction of sp³-hybridized carbons (Fsp3) is 0.385. The van der Waals surface area contributed by atoms with Gasteiger partial charge in [-0.2, -0.15) is 0 Å². The van der Waals surface area contributed by atoms with Crippen molar-refractivity contribution in [3.05, 3.63) is 77.2 Å². The molecule has 0 aromatic heterocycles. The van der Waals surface area contributed by atoms with Crippen LogP contribution in [0.2, 0.25) is 0 Å². The number of likely N-dealkylation sites (tertiary alicyclic amines) is 1. The van der Waals surface area contributed by atoms with Crippen LogP contribution in [-0.2, 0) is 16.0 Å². The molecule has 5 heteroatoms. The number of imide groups is 1. The summed E-state index contributed by atoms with van der Waals surface area (Å²) in [6.07, 6.45) is 2.98. The van der Waals surface area contributed by atoms with Crippen LogP contribution in [-0.4, -0.2) is 41.2 Å². The van der Waals surface area contributed by atoms with Crippen molar-refractivity contribution >= 4 is 17.4 Å². The molecule has 0 N–H and O–H groups in total. The highest BCUT2D eigenvalue weighted by atomic mass is 19.1. The van der Waals surface area contributed by atoms with E-state index < -0.39 is 0 Å². The highest BCUT2D eigenvalue weighted by Crippen LogP contribution is 2.34. The summed E-state index contributed by atoms with van der Waals surface area (Å²) in [5.41, 5.74) is 2.83. The van der Waals surface area contributed by atoms with E-state index in [9.17, 15) is 14.0 Å². The molecule has 0 radical (unpaired) electrons. The molecule has 2 aromatic rings.